The van der Waals surface area contributed by atoms with E-state index in [9.17, 15) is 0 Å². The zero-order valence-electron chi connectivity index (χ0n) is 15.4. The normalized spacial score (nSPS) is 16.3. The van der Waals surface area contributed by atoms with Crippen molar-refractivity contribution in [2.24, 2.45) is 0 Å². The predicted octanol–water partition coefficient (Wildman–Crippen LogP) is 3.49. The van der Waals surface area contributed by atoms with Gasteiger partial charge in [0.15, 0.2) is 5.82 Å². The van der Waals surface area contributed by atoms with Crippen LogP contribution in [0.15, 0.2) is 47.0 Å². The smallest absolute Gasteiger partial charge is 0.240 e. The molecule has 5 nitrogen and oxygen atoms in total. The SMILES string of the molecule is CCCc1noc(CN2CCN(Cc3cccc4ccccc34)CC2)n1. The molecule has 136 valence electrons. The highest BCUT2D eigenvalue weighted by Crippen LogP contribution is 2.20. The first-order chi connectivity index (χ1) is 12.8. The van der Waals surface area contributed by atoms with E-state index in [2.05, 4.69) is 69.3 Å². The second-order valence-electron chi connectivity index (χ2n) is 7.04. The van der Waals surface area contributed by atoms with Crippen LogP contribution in [0, 0.1) is 0 Å². The summed E-state index contributed by atoms with van der Waals surface area (Å²) < 4.78 is 5.37. The van der Waals surface area contributed by atoms with Gasteiger partial charge in [-0.05, 0) is 22.8 Å². The average Bonchev–Trinajstić information content (AvgIpc) is 3.11. The summed E-state index contributed by atoms with van der Waals surface area (Å²) in [4.78, 5) is 9.42. The lowest BCUT2D eigenvalue weighted by atomic mass is 10.0. The second-order valence-corrected chi connectivity index (χ2v) is 7.04. The lowest BCUT2D eigenvalue weighted by Gasteiger charge is -2.34. The number of rotatable bonds is 6. The molecule has 3 aromatic rings. The molecule has 0 atom stereocenters. The van der Waals surface area contributed by atoms with Crippen LogP contribution in [-0.4, -0.2) is 46.1 Å². The summed E-state index contributed by atoms with van der Waals surface area (Å²) in [6.45, 7) is 8.12. The van der Waals surface area contributed by atoms with Crippen LogP contribution >= 0.6 is 0 Å². The molecule has 1 aromatic heterocycles. The Bertz CT molecular complexity index is 847. The minimum atomic E-state index is 0.746. The van der Waals surface area contributed by atoms with Crippen molar-refractivity contribution >= 4 is 10.8 Å². The van der Waals surface area contributed by atoms with E-state index in [-0.39, 0.29) is 0 Å². The molecule has 1 saturated heterocycles. The van der Waals surface area contributed by atoms with Gasteiger partial charge in [-0.15, -0.1) is 0 Å². The zero-order chi connectivity index (χ0) is 17.8. The second kappa shape index (κ2) is 7.98. The molecule has 0 N–H and O–H groups in total. The molecule has 2 aromatic carbocycles. The van der Waals surface area contributed by atoms with Gasteiger partial charge in [0.05, 0.1) is 6.54 Å². The molecule has 0 unspecified atom stereocenters. The molecule has 5 heteroatoms. The van der Waals surface area contributed by atoms with E-state index in [1.54, 1.807) is 0 Å². The minimum Gasteiger partial charge on any atom is -0.338 e. The summed E-state index contributed by atoms with van der Waals surface area (Å²) >= 11 is 0. The molecule has 4 rings (SSSR count). The first kappa shape index (κ1) is 17.2. The van der Waals surface area contributed by atoms with Crippen LogP contribution in [0.4, 0.5) is 0 Å². The van der Waals surface area contributed by atoms with Gasteiger partial charge in [0.1, 0.15) is 0 Å². The first-order valence-electron chi connectivity index (χ1n) is 9.54. The lowest BCUT2D eigenvalue weighted by molar-refractivity contribution is 0.112. The number of hydrogen-bond acceptors (Lipinski definition) is 5. The summed E-state index contributed by atoms with van der Waals surface area (Å²) in [6.07, 6.45) is 1.94. The molecular formula is C21H26N4O. The molecule has 0 aliphatic carbocycles. The van der Waals surface area contributed by atoms with Crippen molar-refractivity contribution in [2.45, 2.75) is 32.9 Å². The Morgan fingerprint density at radius 2 is 1.65 bits per heavy atom. The third-order valence-corrected chi connectivity index (χ3v) is 5.08. The molecule has 1 fully saturated rings. The van der Waals surface area contributed by atoms with Gasteiger partial charge in [-0.1, -0.05) is 54.5 Å². The highest BCUT2D eigenvalue weighted by Gasteiger charge is 2.19. The largest absolute Gasteiger partial charge is 0.338 e. The summed E-state index contributed by atoms with van der Waals surface area (Å²) in [7, 11) is 0. The van der Waals surface area contributed by atoms with Crippen molar-refractivity contribution in [1.82, 2.24) is 19.9 Å². The maximum Gasteiger partial charge on any atom is 0.240 e. The number of fused-ring (bicyclic) bond motifs is 1. The summed E-state index contributed by atoms with van der Waals surface area (Å²) in [6, 6.07) is 15.3. The third-order valence-electron chi connectivity index (χ3n) is 5.08. The van der Waals surface area contributed by atoms with E-state index >= 15 is 0 Å². The van der Waals surface area contributed by atoms with Gasteiger partial charge in [0.25, 0.3) is 0 Å². The van der Waals surface area contributed by atoms with Crippen LogP contribution in [0.2, 0.25) is 0 Å². The van der Waals surface area contributed by atoms with Gasteiger partial charge >= 0.3 is 0 Å². The molecule has 1 aliphatic heterocycles. The number of hydrogen-bond donors (Lipinski definition) is 0. The Balaban J connectivity index is 1.33. The van der Waals surface area contributed by atoms with Crippen LogP contribution in [0.1, 0.15) is 30.6 Å². The van der Waals surface area contributed by atoms with E-state index in [1.165, 1.54) is 16.3 Å². The van der Waals surface area contributed by atoms with Crippen LogP contribution in [0.25, 0.3) is 10.8 Å². The van der Waals surface area contributed by atoms with E-state index in [0.29, 0.717) is 0 Å². The van der Waals surface area contributed by atoms with Gasteiger partial charge in [0, 0.05) is 39.1 Å². The molecule has 0 bridgehead atoms. The van der Waals surface area contributed by atoms with E-state index in [1.807, 2.05) is 0 Å². The van der Waals surface area contributed by atoms with Crippen LogP contribution in [0.5, 0.6) is 0 Å². The predicted molar refractivity (Wildman–Crippen MR) is 103 cm³/mol. The Morgan fingerprint density at radius 1 is 0.923 bits per heavy atom. The first-order valence-corrected chi connectivity index (χ1v) is 9.54. The fourth-order valence-electron chi connectivity index (χ4n) is 3.65. The molecule has 0 radical (unpaired) electrons. The standard InChI is InChI=1S/C21H26N4O/c1-2-6-20-22-21(26-23-20)16-25-13-11-24(12-14-25)15-18-9-5-8-17-7-3-4-10-19(17)18/h3-5,7-10H,2,6,11-16H2,1H3. The summed E-state index contributed by atoms with van der Waals surface area (Å²) in [5.74, 6) is 1.58. The van der Waals surface area contributed by atoms with Crippen molar-refractivity contribution in [3.63, 3.8) is 0 Å². The topological polar surface area (TPSA) is 45.4 Å². The quantitative estimate of drug-likeness (QED) is 0.681. The maximum atomic E-state index is 5.37. The molecule has 26 heavy (non-hydrogen) atoms. The molecule has 2 heterocycles. The fraction of sp³-hybridized carbons (Fsp3) is 0.429. The number of piperazine rings is 1. The Kier molecular flexibility index (Phi) is 5.27. The van der Waals surface area contributed by atoms with E-state index in [4.69, 9.17) is 4.52 Å². The number of aryl methyl sites for hydroxylation is 1. The molecular weight excluding hydrogens is 324 g/mol. The van der Waals surface area contributed by atoms with Crippen molar-refractivity contribution in [3.05, 3.63) is 59.7 Å². The molecule has 0 amide bonds. The third kappa shape index (κ3) is 3.94. The highest BCUT2D eigenvalue weighted by molar-refractivity contribution is 5.85. The number of aromatic nitrogens is 2. The van der Waals surface area contributed by atoms with Crippen LogP contribution in [-0.2, 0) is 19.5 Å². The van der Waals surface area contributed by atoms with Gasteiger partial charge in [-0.3, -0.25) is 9.80 Å². The molecule has 0 spiro atoms. The Morgan fingerprint density at radius 3 is 2.46 bits per heavy atom. The Labute approximate surface area is 154 Å². The van der Waals surface area contributed by atoms with Gasteiger partial charge in [-0.2, -0.15) is 4.98 Å². The van der Waals surface area contributed by atoms with Gasteiger partial charge in [-0.25, -0.2) is 0 Å². The van der Waals surface area contributed by atoms with E-state index < -0.39 is 0 Å². The number of nitrogens with zero attached hydrogens (tertiary/aromatic N) is 4. The van der Waals surface area contributed by atoms with Crippen molar-refractivity contribution in [3.8, 4) is 0 Å². The van der Waals surface area contributed by atoms with Gasteiger partial charge in [0.2, 0.25) is 5.89 Å². The average molecular weight is 350 g/mol. The monoisotopic (exact) mass is 350 g/mol. The minimum absolute atomic E-state index is 0.746. The molecule has 1 aliphatic rings. The van der Waals surface area contributed by atoms with E-state index in [0.717, 1.165) is 63.8 Å². The fourth-order valence-corrected chi connectivity index (χ4v) is 3.65. The van der Waals surface area contributed by atoms with Crippen molar-refractivity contribution in [2.75, 3.05) is 26.2 Å². The van der Waals surface area contributed by atoms with Crippen molar-refractivity contribution < 1.29 is 4.52 Å². The van der Waals surface area contributed by atoms with Crippen LogP contribution in [0.3, 0.4) is 0 Å². The van der Waals surface area contributed by atoms with Gasteiger partial charge < -0.3 is 4.52 Å². The molecule has 0 saturated carbocycles. The summed E-state index contributed by atoms with van der Waals surface area (Å²) in [5.41, 5.74) is 1.41. The van der Waals surface area contributed by atoms with Crippen LogP contribution < -0.4 is 0 Å². The summed E-state index contributed by atoms with van der Waals surface area (Å²) in [5, 5.41) is 6.74. The zero-order valence-corrected chi connectivity index (χ0v) is 15.4. The maximum absolute atomic E-state index is 5.37. The Hall–Kier alpha value is -2.24. The number of benzene rings is 2. The van der Waals surface area contributed by atoms with Crippen molar-refractivity contribution in [1.29, 1.82) is 0 Å². The highest BCUT2D eigenvalue weighted by atomic mass is 16.5. The lowest BCUT2D eigenvalue weighted by Crippen LogP contribution is -2.45.